The molecule has 1 aromatic carbocycles. The number of piperidine rings is 1. The highest BCUT2D eigenvalue weighted by atomic mass is 16.2. The van der Waals surface area contributed by atoms with Gasteiger partial charge in [-0.25, -0.2) is 4.68 Å². The predicted molar refractivity (Wildman–Crippen MR) is 125 cm³/mol. The molecule has 5 rings (SSSR count). The molecule has 188 valence electrons. The van der Waals surface area contributed by atoms with Crippen molar-refractivity contribution in [2.24, 2.45) is 0 Å². The summed E-state index contributed by atoms with van der Waals surface area (Å²) in [6.45, 7) is 6.53. The molecular weight excluding hydrogens is 466 g/mol. The lowest BCUT2D eigenvalue weighted by Crippen LogP contribution is -2.52. The molecule has 0 bridgehead atoms. The number of carbonyl (C=O) groups is 5. The number of aromatic nitrogens is 3. The molecular formula is C24H27N7O5. The van der Waals surface area contributed by atoms with Crippen LogP contribution in [0.1, 0.15) is 66.4 Å². The summed E-state index contributed by atoms with van der Waals surface area (Å²) in [5, 5.41) is 13.2. The van der Waals surface area contributed by atoms with Crippen molar-refractivity contribution in [3.8, 4) is 5.69 Å². The third kappa shape index (κ3) is 4.23. The Hall–Kier alpha value is -4.09. The largest absolute Gasteiger partial charge is 0.346 e. The number of benzene rings is 1. The Morgan fingerprint density at radius 3 is 2.64 bits per heavy atom. The van der Waals surface area contributed by atoms with Crippen molar-refractivity contribution in [1.29, 1.82) is 0 Å². The van der Waals surface area contributed by atoms with E-state index in [1.807, 2.05) is 20.8 Å². The molecule has 12 heteroatoms. The minimum Gasteiger partial charge on any atom is -0.346 e. The zero-order valence-corrected chi connectivity index (χ0v) is 20.3. The van der Waals surface area contributed by atoms with E-state index in [1.54, 1.807) is 23.1 Å². The van der Waals surface area contributed by atoms with Crippen molar-refractivity contribution in [2.75, 3.05) is 6.54 Å². The highest BCUT2D eigenvalue weighted by molar-refractivity contribution is 6.05. The topological polar surface area (TPSA) is 147 Å². The molecule has 4 heterocycles. The van der Waals surface area contributed by atoms with E-state index in [0.717, 1.165) is 5.56 Å². The molecule has 2 unspecified atom stereocenters. The number of fused-ring (bicyclic) bond motifs is 1. The van der Waals surface area contributed by atoms with Crippen LogP contribution in [0.15, 0.2) is 24.4 Å². The molecule has 2 N–H and O–H groups in total. The molecule has 3 aliphatic rings. The zero-order chi connectivity index (χ0) is 25.8. The predicted octanol–water partition coefficient (Wildman–Crippen LogP) is 0.158. The summed E-state index contributed by atoms with van der Waals surface area (Å²) in [4.78, 5) is 64.8. The van der Waals surface area contributed by atoms with Crippen LogP contribution in [-0.2, 0) is 20.9 Å². The van der Waals surface area contributed by atoms with Crippen LogP contribution < -0.4 is 10.6 Å². The Kier molecular flexibility index (Phi) is 5.61. The monoisotopic (exact) mass is 493 g/mol. The molecule has 0 saturated carbocycles. The molecule has 12 nitrogen and oxygen atoms in total. The standard InChI is InChI=1S/C24H27N7O5/c1-24(2,3)30-11-14(9-20(30)33)25-21(34)17-12-31(28-27-17)15-4-5-16-13(8-15)10-29(23(16)36)18-6-7-19(32)26-22(18)35/h4-5,8,12,14,18H,6-7,9-11H2,1-3H3,(H,25,34)(H,26,32,35). The maximum Gasteiger partial charge on any atom is 0.273 e. The Morgan fingerprint density at radius 2 is 1.94 bits per heavy atom. The Bertz CT molecular complexity index is 1290. The van der Waals surface area contributed by atoms with Gasteiger partial charge in [-0.1, -0.05) is 5.21 Å². The van der Waals surface area contributed by atoms with Gasteiger partial charge in [-0.2, -0.15) is 0 Å². The Balaban J connectivity index is 1.27. The first-order valence-electron chi connectivity index (χ1n) is 11.8. The lowest BCUT2D eigenvalue weighted by Gasteiger charge is -2.32. The van der Waals surface area contributed by atoms with E-state index in [-0.39, 0.29) is 54.4 Å². The number of hydrogen-bond donors (Lipinski definition) is 2. The lowest BCUT2D eigenvalue weighted by molar-refractivity contribution is -0.137. The maximum atomic E-state index is 12.9. The van der Waals surface area contributed by atoms with Crippen LogP contribution in [-0.4, -0.2) is 78.5 Å². The van der Waals surface area contributed by atoms with Crippen LogP contribution in [0.2, 0.25) is 0 Å². The number of carbonyl (C=O) groups excluding carboxylic acids is 5. The minimum absolute atomic E-state index is 0.00417. The number of likely N-dealkylation sites (tertiary alicyclic amines) is 1. The van der Waals surface area contributed by atoms with Crippen molar-refractivity contribution in [3.05, 3.63) is 41.2 Å². The van der Waals surface area contributed by atoms with Crippen LogP contribution in [0, 0.1) is 0 Å². The van der Waals surface area contributed by atoms with E-state index in [0.29, 0.717) is 24.2 Å². The molecule has 0 spiro atoms. The van der Waals surface area contributed by atoms with Gasteiger partial charge in [0.05, 0.1) is 17.9 Å². The number of amides is 5. The summed E-state index contributed by atoms with van der Waals surface area (Å²) in [5.74, 6) is -1.49. The van der Waals surface area contributed by atoms with Crippen molar-refractivity contribution in [3.63, 3.8) is 0 Å². The van der Waals surface area contributed by atoms with E-state index in [4.69, 9.17) is 0 Å². The summed E-state index contributed by atoms with van der Waals surface area (Å²) < 4.78 is 1.44. The normalized spacial score (nSPS) is 22.2. The molecule has 0 radical (unpaired) electrons. The van der Waals surface area contributed by atoms with Crippen molar-refractivity contribution >= 4 is 29.5 Å². The van der Waals surface area contributed by atoms with Crippen LogP contribution in [0.25, 0.3) is 5.69 Å². The summed E-state index contributed by atoms with van der Waals surface area (Å²) in [7, 11) is 0. The molecule has 2 fully saturated rings. The van der Waals surface area contributed by atoms with Crippen molar-refractivity contribution in [1.82, 2.24) is 35.4 Å². The molecule has 1 aromatic heterocycles. The van der Waals surface area contributed by atoms with E-state index in [2.05, 4.69) is 20.9 Å². The second-order valence-electron chi connectivity index (χ2n) is 10.3. The Labute approximate surface area is 207 Å². The van der Waals surface area contributed by atoms with Gasteiger partial charge in [-0.05, 0) is 51.0 Å². The highest BCUT2D eigenvalue weighted by Crippen LogP contribution is 2.29. The van der Waals surface area contributed by atoms with Crippen molar-refractivity contribution < 1.29 is 24.0 Å². The first-order chi connectivity index (χ1) is 17.0. The highest BCUT2D eigenvalue weighted by Gasteiger charge is 2.39. The fourth-order valence-electron chi connectivity index (χ4n) is 4.91. The van der Waals surface area contributed by atoms with Gasteiger partial charge in [0.2, 0.25) is 17.7 Å². The molecule has 2 saturated heterocycles. The van der Waals surface area contributed by atoms with Crippen molar-refractivity contribution in [2.45, 2.75) is 64.2 Å². The first kappa shape index (κ1) is 23.6. The van der Waals surface area contributed by atoms with E-state index >= 15 is 0 Å². The average molecular weight is 494 g/mol. The number of nitrogens with zero attached hydrogens (tertiary/aromatic N) is 5. The van der Waals surface area contributed by atoms with E-state index < -0.39 is 17.9 Å². The van der Waals surface area contributed by atoms with Crippen LogP contribution in [0.3, 0.4) is 0 Å². The van der Waals surface area contributed by atoms with E-state index in [1.165, 1.54) is 15.8 Å². The van der Waals surface area contributed by atoms with Gasteiger partial charge in [-0.3, -0.25) is 29.3 Å². The molecule has 36 heavy (non-hydrogen) atoms. The number of imide groups is 1. The van der Waals surface area contributed by atoms with Gasteiger partial charge in [0, 0.05) is 37.0 Å². The molecule has 2 atom stereocenters. The van der Waals surface area contributed by atoms with Crippen LogP contribution in [0.4, 0.5) is 0 Å². The third-order valence-electron chi connectivity index (χ3n) is 6.77. The molecule has 3 aliphatic heterocycles. The second kappa shape index (κ2) is 8.54. The Morgan fingerprint density at radius 1 is 1.17 bits per heavy atom. The smallest absolute Gasteiger partial charge is 0.273 e. The van der Waals surface area contributed by atoms with Crippen LogP contribution in [0.5, 0.6) is 0 Å². The molecule has 0 aliphatic carbocycles. The SMILES string of the molecule is CC(C)(C)N1CC(NC(=O)c2cn(-c3ccc4c(c3)CN(C3CCC(=O)NC3=O)C4=O)nn2)CC1=O. The van der Waals surface area contributed by atoms with Gasteiger partial charge in [0.25, 0.3) is 11.8 Å². The summed E-state index contributed by atoms with van der Waals surface area (Å²) in [5.41, 5.74) is 1.60. The quantitative estimate of drug-likeness (QED) is 0.577. The fourth-order valence-corrected chi connectivity index (χ4v) is 4.91. The van der Waals surface area contributed by atoms with Gasteiger partial charge >= 0.3 is 0 Å². The van der Waals surface area contributed by atoms with Gasteiger partial charge in [0.15, 0.2) is 5.69 Å². The van der Waals surface area contributed by atoms with Gasteiger partial charge in [0.1, 0.15) is 6.04 Å². The lowest BCUT2D eigenvalue weighted by atomic mass is 10.0. The van der Waals surface area contributed by atoms with Gasteiger partial charge < -0.3 is 15.1 Å². The summed E-state index contributed by atoms with van der Waals surface area (Å²) >= 11 is 0. The van der Waals surface area contributed by atoms with Gasteiger partial charge in [-0.15, -0.1) is 5.10 Å². The third-order valence-corrected chi connectivity index (χ3v) is 6.77. The number of hydrogen-bond acceptors (Lipinski definition) is 7. The minimum atomic E-state index is -0.690. The molecule has 2 aromatic rings. The first-order valence-corrected chi connectivity index (χ1v) is 11.8. The molecule has 5 amide bonds. The second-order valence-corrected chi connectivity index (χ2v) is 10.3. The number of rotatable bonds is 4. The summed E-state index contributed by atoms with van der Waals surface area (Å²) in [6, 6.07) is 4.12. The summed E-state index contributed by atoms with van der Waals surface area (Å²) in [6.07, 6.45) is 2.21. The average Bonchev–Trinajstić information content (AvgIpc) is 3.51. The maximum absolute atomic E-state index is 12.9. The number of nitrogens with one attached hydrogen (secondary N) is 2. The zero-order valence-electron chi connectivity index (χ0n) is 20.3. The van der Waals surface area contributed by atoms with E-state index in [9.17, 15) is 24.0 Å². The van der Waals surface area contributed by atoms with Crippen LogP contribution >= 0.6 is 0 Å². The fraction of sp³-hybridized carbons (Fsp3) is 0.458.